The van der Waals surface area contributed by atoms with E-state index in [2.05, 4.69) is 266 Å². The summed E-state index contributed by atoms with van der Waals surface area (Å²) in [5, 5.41) is 0. The first-order valence-corrected chi connectivity index (χ1v) is 24.3. The molecule has 0 N–H and O–H groups in total. The lowest BCUT2D eigenvalue weighted by atomic mass is 9.66. The molecule has 0 amide bonds. The zero-order valence-electron chi connectivity index (χ0n) is 38.2. The lowest BCUT2D eigenvalue weighted by Gasteiger charge is -2.40. The van der Waals surface area contributed by atoms with Crippen LogP contribution in [0.3, 0.4) is 0 Å². The van der Waals surface area contributed by atoms with Gasteiger partial charge in [-0.1, -0.05) is 218 Å². The summed E-state index contributed by atoms with van der Waals surface area (Å²) in [5.74, 6) is 1.73. The van der Waals surface area contributed by atoms with Gasteiger partial charge in [-0.05, 0) is 125 Å². The van der Waals surface area contributed by atoms with Crippen molar-refractivity contribution in [3.8, 4) is 67.1 Å². The zero-order valence-corrected chi connectivity index (χ0v) is 38.2. The van der Waals surface area contributed by atoms with Gasteiger partial charge >= 0.3 is 0 Å². The van der Waals surface area contributed by atoms with Crippen LogP contribution in [0.4, 0.5) is 17.1 Å². The highest BCUT2D eigenvalue weighted by Crippen LogP contribution is 2.65. The first-order chi connectivity index (χ1) is 34.7. The van der Waals surface area contributed by atoms with Crippen LogP contribution in [-0.4, -0.2) is 0 Å². The number of rotatable bonds is 5. The molecule has 2 heteroatoms. The number of anilines is 3. The Labute approximate surface area is 408 Å². The molecule has 1 heterocycles. The van der Waals surface area contributed by atoms with E-state index in [-0.39, 0.29) is 0 Å². The van der Waals surface area contributed by atoms with Crippen LogP contribution >= 0.6 is 0 Å². The third-order valence-corrected chi connectivity index (χ3v) is 15.8. The molecular formula is C68H43NO. The fraction of sp³-hybridized carbons (Fsp3) is 0.0294. The standard InChI is InChI=1S/C68H43NO/c1-2-17-44(18-3-1)45-33-37-47(38-34-45)69(49-41-42-63-65(43-49)70-64-32-15-14-31-62(64)67(63)57-26-9-4-19-51(57)52-20-5-10-27-58(52)67)48-39-35-46(36-40-48)50-24-16-25-56-55-23-8-13-30-61(55)68(66(50)56)59-28-11-6-21-53(59)54-22-7-12-29-60(54)68/h1-43H. The number of hydrogen-bond donors (Lipinski definition) is 0. The number of benzene rings is 11. The van der Waals surface area contributed by atoms with Crippen LogP contribution < -0.4 is 9.64 Å². The fourth-order valence-corrected chi connectivity index (χ4v) is 13.1. The monoisotopic (exact) mass is 889 g/mol. The van der Waals surface area contributed by atoms with Crippen LogP contribution in [-0.2, 0) is 10.8 Å². The van der Waals surface area contributed by atoms with Gasteiger partial charge in [0.15, 0.2) is 0 Å². The molecule has 0 saturated heterocycles. The minimum Gasteiger partial charge on any atom is -0.457 e. The third kappa shape index (κ3) is 5.17. The van der Waals surface area contributed by atoms with E-state index in [0.717, 1.165) is 34.1 Å². The Morgan fingerprint density at radius 2 is 0.629 bits per heavy atom. The second-order valence-electron chi connectivity index (χ2n) is 19.0. The lowest BCUT2D eigenvalue weighted by Crippen LogP contribution is -2.32. The minimum absolute atomic E-state index is 0.444. The average Bonchev–Trinajstić information content (AvgIpc) is 4.03. The van der Waals surface area contributed by atoms with Gasteiger partial charge in [0.2, 0.25) is 0 Å². The van der Waals surface area contributed by atoms with E-state index >= 15 is 0 Å². The smallest absolute Gasteiger partial charge is 0.134 e. The van der Waals surface area contributed by atoms with Gasteiger partial charge in [0.25, 0.3) is 0 Å². The molecule has 11 aromatic carbocycles. The molecule has 326 valence electrons. The molecule has 70 heavy (non-hydrogen) atoms. The van der Waals surface area contributed by atoms with Crippen LogP contribution in [0.25, 0.3) is 55.6 Å². The molecule has 1 aliphatic heterocycles. The Kier molecular flexibility index (Phi) is 8.24. The molecule has 0 bridgehead atoms. The molecule has 0 unspecified atom stereocenters. The Morgan fingerprint density at radius 1 is 0.243 bits per heavy atom. The lowest BCUT2D eigenvalue weighted by molar-refractivity contribution is 0.436. The van der Waals surface area contributed by atoms with Gasteiger partial charge in [-0.2, -0.15) is 0 Å². The quantitative estimate of drug-likeness (QED) is 0.171. The molecule has 2 nitrogen and oxygen atoms in total. The van der Waals surface area contributed by atoms with E-state index < -0.39 is 10.8 Å². The van der Waals surface area contributed by atoms with E-state index in [1.54, 1.807) is 0 Å². The summed E-state index contributed by atoms with van der Waals surface area (Å²) in [7, 11) is 0. The summed E-state index contributed by atoms with van der Waals surface area (Å²) in [6.45, 7) is 0. The molecule has 4 aliphatic rings. The molecule has 2 spiro atoms. The van der Waals surface area contributed by atoms with Crippen molar-refractivity contribution in [2.75, 3.05) is 4.90 Å². The van der Waals surface area contributed by atoms with Gasteiger partial charge < -0.3 is 9.64 Å². The van der Waals surface area contributed by atoms with Gasteiger partial charge in [0.05, 0.1) is 10.8 Å². The summed E-state index contributed by atoms with van der Waals surface area (Å²) in [6.07, 6.45) is 0. The van der Waals surface area contributed by atoms with Crippen LogP contribution in [0.15, 0.2) is 261 Å². The zero-order chi connectivity index (χ0) is 46.0. The number of fused-ring (bicyclic) bond motifs is 19. The Bertz CT molecular complexity index is 3810. The normalized spacial score (nSPS) is 14.1. The summed E-state index contributed by atoms with van der Waals surface area (Å²) in [5.41, 5.74) is 25.0. The van der Waals surface area contributed by atoms with Crippen molar-refractivity contribution in [1.29, 1.82) is 0 Å². The third-order valence-electron chi connectivity index (χ3n) is 15.8. The predicted octanol–water partition coefficient (Wildman–Crippen LogP) is 17.3. The van der Waals surface area contributed by atoms with Gasteiger partial charge in [0.1, 0.15) is 11.5 Å². The van der Waals surface area contributed by atoms with Gasteiger partial charge in [0, 0.05) is 34.3 Å². The molecule has 3 aliphatic carbocycles. The number of hydrogen-bond acceptors (Lipinski definition) is 2. The molecule has 0 atom stereocenters. The van der Waals surface area contributed by atoms with Crippen molar-refractivity contribution in [3.63, 3.8) is 0 Å². The highest BCUT2D eigenvalue weighted by atomic mass is 16.5. The summed E-state index contributed by atoms with van der Waals surface area (Å²) >= 11 is 0. The van der Waals surface area contributed by atoms with E-state index in [1.807, 2.05) is 0 Å². The molecule has 11 aromatic rings. The topological polar surface area (TPSA) is 12.5 Å². The van der Waals surface area contributed by atoms with E-state index in [9.17, 15) is 0 Å². The van der Waals surface area contributed by atoms with Gasteiger partial charge in [-0.15, -0.1) is 0 Å². The summed E-state index contributed by atoms with van der Waals surface area (Å²) in [4.78, 5) is 2.38. The van der Waals surface area contributed by atoms with Crippen molar-refractivity contribution in [2.45, 2.75) is 10.8 Å². The van der Waals surface area contributed by atoms with Crippen molar-refractivity contribution in [2.24, 2.45) is 0 Å². The Hall–Kier alpha value is -8.98. The van der Waals surface area contributed by atoms with Gasteiger partial charge in [-0.3, -0.25) is 0 Å². The SMILES string of the molecule is c1ccc(-c2ccc(N(c3ccc(-c4cccc5c4C4(c6ccccc6-c6ccccc64)c4ccccc4-5)cc3)c3ccc4c(c3)Oc3ccccc3C43c4ccccc4-c4ccccc43)cc2)cc1. The molecular weight excluding hydrogens is 847 g/mol. The van der Waals surface area contributed by atoms with Crippen molar-refractivity contribution in [3.05, 3.63) is 305 Å². The van der Waals surface area contributed by atoms with E-state index in [1.165, 1.54) is 94.6 Å². The first-order valence-electron chi connectivity index (χ1n) is 24.3. The van der Waals surface area contributed by atoms with E-state index in [0.29, 0.717) is 0 Å². The largest absolute Gasteiger partial charge is 0.457 e. The minimum atomic E-state index is -0.535. The molecule has 15 rings (SSSR count). The maximum atomic E-state index is 7.05. The predicted molar refractivity (Wildman–Crippen MR) is 286 cm³/mol. The molecule has 0 fully saturated rings. The second-order valence-corrected chi connectivity index (χ2v) is 19.0. The summed E-state index contributed by atoms with van der Waals surface area (Å²) < 4.78 is 7.05. The van der Waals surface area contributed by atoms with Crippen LogP contribution in [0.5, 0.6) is 11.5 Å². The maximum absolute atomic E-state index is 7.05. The van der Waals surface area contributed by atoms with Crippen LogP contribution in [0, 0.1) is 0 Å². The number of nitrogens with zero attached hydrogens (tertiary/aromatic N) is 1. The first kappa shape index (κ1) is 39.1. The average molecular weight is 890 g/mol. The maximum Gasteiger partial charge on any atom is 0.134 e. The van der Waals surface area contributed by atoms with Crippen LogP contribution in [0.2, 0.25) is 0 Å². The van der Waals surface area contributed by atoms with Crippen LogP contribution in [0.1, 0.15) is 44.5 Å². The van der Waals surface area contributed by atoms with E-state index in [4.69, 9.17) is 4.74 Å². The Morgan fingerprint density at radius 3 is 1.19 bits per heavy atom. The Balaban J connectivity index is 0.906. The molecule has 0 aromatic heterocycles. The van der Waals surface area contributed by atoms with Crippen molar-refractivity contribution in [1.82, 2.24) is 0 Å². The highest BCUT2D eigenvalue weighted by molar-refractivity contribution is 5.99. The van der Waals surface area contributed by atoms with Gasteiger partial charge in [-0.25, -0.2) is 0 Å². The fourth-order valence-electron chi connectivity index (χ4n) is 13.1. The van der Waals surface area contributed by atoms with Crippen molar-refractivity contribution >= 4 is 17.1 Å². The second kappa shape index (κ2) is 14.8. The molecule has 0 radical (unpaired) electrons. The number of para-hydroxylation sites is 1. The number of ether oxygens (including phenoxy) is 1. The summed E-state index contributed by atoms with van der Waals surface area (Å²) in [6, 6.07) is 96.2. The van der Waals surface area contributed by atoms with Crippen molar-refractivity contribution < 1.29 is 4.74 Å². The highest BCUT2D eigenvalue weighted by Gasteiger charge is 2.53. The molecule has 0 saturated carbocycles.